The summed E-state index contributed by atoms with van der Waals surface area (Å²) in [6.45, 7) is 6.11. The predicted molar refractivity (Wildman–Crippen MR) is 77.6 cm³/mol. The lowest BCUT2D eigenvalue weighted by molar-refractivity contribution is 0.100. The van der Waals surface area contributed by atoms with E-state index in [-0.39, 0.29) is 11.4 Å². The van der Waals surface area contributed by atoms with Crippen molar-refractivity contribution < 1.29 is 4.39 Å². The molecular formula is C16H25FN2. The van der Waals surface area contributed by atoms with E-state index in [0.717, 1.165) is 24.9 Å². The van der Waals surface area contributed by atoms with Crippen LogP contribution >= 0.6 is 0 Å². The van der Waals surface area contributed by atoms with Crippen molar-refractivity contribution in [2.45, 2.75) is 51.1 Å². The number of halogens is 1. The molecule has 0 amide bonds. The maximum atomic E-state index is 13.3. The number of hydrogen-bond donors (Lipinski definition) is 1. The molecule has 1 aliphatic carbocycles. The SMILES string of the molecule is CCCN(C1CC1)C(C)(CN)Cc1cccc(F)c1. The first-order chi connectivity index (χ1) is 9.09. The molecule has 1 unspecified atom stereocenters. The van der Waals surface area contributed by atoms with Gasteiger partial charge in [0.15, 0.2) is 0 Å². The fourth-order valence-corrected chi connectivity index (χ4v) is 2.90. The van der Waals surface area contributed by atoms with Gasteiger partial charge in [0.05, 0.1) is 0 Å². The van der Waals surface area contributed by atoms with Gasteiger partial charge in [-0.05, 0) is 56.8 Å². The molecule has 106 valence electrons. The Morgan fingerprint density at radius 3 is 2.68 bits per heavy atom. The van der Waals surface area contributed by atoms with E-state index in [1.54, 1.807) is 12.1 Å². The van der Waals surface area contributed by atoms with Crippen LogP contribution in [-0.4, -0.2) is 29.6 Å². The fraction of sp³-hybridized carbons (Fsp3) is 0.625. The van der Waals surface area contributed by atoms with Gasteiger partial charge in [-0.15, -0.1) is 0 Å². The Morgan fingerprint density at radius 1 is 1.42 bits per heavy atom. The van der Waals surface area contributed by atoms with Crippen molar-refractivity contribution >= 4 is 0 Å². The van der Waals surface area contributed by atoms with Crippen molar-refractivity contribution in [3.63, 3.8) is 0 Å². The molecule has 1 saturated carbocycles. The maximum absolute atomic E-state index is 13.3. The molecule has 0 spiro atoms. The summed E-state index contributed by atoms with van der Waals surface area (Å²) in [6, 6.07) is 7.58. The van der Waals surface area contributed by atoms with Gasteiger partial charge in [0.25, 0.3) is 0 Å². The molecule has 0 saturated heterocycles. The standard InChI is InChI=1S/C16H25FN2/c1-3-9-19(15-7-8-15)16(2,12-18)11-13-5-4-6-14(17)10-13/h4-6,10,15H,3,7-9,11-12,18H2,1-2H3. The Kier molecular flexibility index (Phi) is 4.58. The van der Waals surface area contributed by atoms with Gasteiger partial charge in [-0.25, -0.2) is 4.39 Å². The molecule has 2 rings (SSSR count). The van der Waals surface area contributed by atoms with Gasteiger partial charge in [0, 0.05) is 18.1 Å². The molecule has 1 aromatic rings. The number of hydrogen-bond acceptors (Lipinski definition) is 2. The summed E-state index contributed by atoms with van der Waals surface area (Å²) < 4.78 is 13.3. The Balaban J connectivity index is 2.15. The van der Waals surface area contributed by atoms with Crippen molar-refractivity contribution in [3.05, 3.63) is 35.6 Å². The average molecular weight is 264 g/mol. The highest BCUT2D eigenvalue weighted by Gasteiger charge is 2.39. The molecule has 1 aromatic carbocycles. The lowest BCUT2D eigenvalue weighted by Gasteiger charge is -2.41. The summed E-state index contributed by atoms with van der Waals surface area (Å²) in [5, 5.41) is 0. The highest BCUT2D eigenvalue weighted by molar-refractivity contribution is 5.19. The molecule has 1 atom stereocenters. The lowest BCUT2D eigenvalue weighted by Crippen LogP contribution is -2.54. The van der Waals surface area contributed by atoms with Crippen molar-refractivity contribution in [2.75, 3.05) is 13.1 Å². The summed E-state index contributed by atoms with van der Waals surface area (Å²) in [5.41, 5.74) is 7.03. The Morgan fingerprint density at radius 2 is 2.16 bits per heavy atom. The molecule has 2 nitrogen and oxygen atoms in total. The van der Waals surface area contributed by atoms with Gasteiger partial charge >= 0.3 is 0 Å². The first kappa shape index (κ1) is 14.5. The van der Waals surface area contributed by atoms with Gasteiger partial charge in [-0.2, -0.15) is 0 Å². The monoisotopic (exact) mass is 264 g/mol. The molecule has 0 aromatic heterocycles. The zero-order valence-electron chi connectivity index (χ0n) is 12.0. The third kappa shape index (κ3) is 3.54. The van der Waals surface area contributed by atoms with E-state index in [9.17, 15) is 4.39 Å². The summed E-state index contributed by atoms with van der Waals surface area (Å²) in [7, 11) is 0. The maximum Gasteiger partial charge on any atom is 0.123 e. The minimum Gasteiger partial charge on any atom is -0.329 e. The van der Waals surface area contributed by atoms with Crippen LogP contribution in [0, 0.1) is 5.82 Å². The van der Waals surface area contributed by atoms with E-state index in [1.165, 1.54) is 18.9 Å². The van der Waals surface area contributed by atoms with Crippen LogP contribution in [0.3, 0.4) is 0 Å². The van der Waals surface area contributed by atoms with Crippen molar-refractivity contribution in [1.29, 1.82) is 0 Å². The number of nitrogens with zero attached hydrogens (tertiary/aromatic N) is 1. The molecule has 0 radical (unpaired) electrons. The molecule has 19 heavy (non-hydrogen) atoms. The van der Waals surface area contributed by atoms with E-state index in [2.05, 4.69) is 18.7 Å². The molecule has 0 heterocycles. The first-order valence-electron chi connectivity index (χ1n) is 7.30. The normalized spacial score (nSPS) is 18.6. The topological polar surface area (TPSA) is 29.3 Å². The zero-order valence-corrected chi connectivity index (χ0v) is 12.0. The number of benzene rings is 1. The summed E-state index contributed by atoms with van der Waals surface area (Å²) in [5.74, 6) is -0.162. The van der Waals surface area contributed by atoms with Crippen molar-refractivity contribution in [1.82, 2.24) is 4.90 Å². The second-order valence-electron chi connectivity index (χ2n) is 5.93. The van der Waals surface area contributed by atoms with Crippen LogP contribution in [0.25, 0.3) is 0 Å². The number of nitrogens with two attached hydrogens (primary N) is 1. The van der Waals surface area contributed by atoms with Gasteiger partial charge < -0.3 is 5.73 Å². The van der Waals surface area contributed by atoms with E-state index in [0.29, 0.717) is 12.6 Å². The summed E-state index contributed by atoms with van der Waals surface area (Å²) >= 11 is 0. The third-order valence-corrected chi connectivity index (χ3v) is 4.06. The van der Waals surface area contributed by atoms with Gasteiger partial charge in [0.2, 0.25) is 0 Å². The van der Waals surface area contributed by atoms with Crippen LogP contribution < -0.4 is 5.73 Å². The van der Waals surface area contributed by atoms with Crippen molar-refractivity contribution in [2.24, 2.45) is 5.73 Å². The number of rotatable bonds is 7. The van der Waals surface area contributed by atoms with Crippen LogP contribution in [0.1, 0.15) is 38.7 Å². The molecular weight excluding hydrogens is 239 g/mol. The van der Waals surface area contributed by atoms with E-state index in [4.69, 9.17) is 5.73 Å². The second kappa shape index (κ2) is 6.02. The Bertz CT molecular complexity index is 417. The molecule has 3 heteroatoms. The third-order valence-electron chi connectivity index (χ3n) is 4.06. The van der Waals surface area contributed by atoms with Gasteiger partial charge in [0.1, 0.15) is 5.82 Å². The summed E-state index contributed by atoms with van der Waals surface area (Å²) in [4.78, 5) is 2.54. The van der Waals surface area contributed by atoms with Crippen LogP contribution in [0.5, 0.6) is 0 Å². The lowest BCUT2D eigenvalue weighted by atomic mass is 9.90. The Hall–Kier alpha value is -0.930. The van der Waals surface area contributed by atoms with E-state index < -0.39 is 0 Å². The van der Waals surface area contributed by atoms with Gasteiger partial charge in [-0.3, -0.25) is 4.90 Å². The second-order valence-corrected chi connectivity index (χ2v) is 5.93. The van der Waals surface area contributed by atoms with Crippen LogP contribution in [-0.2, 0) is 6.42 Å². The quantitative estimate of drug-likeness (QED) is 0.820. The van der Waals surface area contributed by atoms with Crippen molar-refractivity contribution in [3.8, 4) is 0 Å². The molecule has 0 aliphatic heterocycles. The first-order valence-corrected chi connectivity index (χ1v) is 7.30. The smallest absolute Gasteiger partial charge is 0.123 e. The predicted octanol–water partition coefficient (Wildman–Crippen LogP) is 2.96. The molecule has 2 N–H and O–H groups in total. The Labute approximate surface area is 115 Å². The minimum absolute atomic E-state index is 0.0645. The highest BCUT2D eigenvalue weighted by atomic mass is 19.1. The largest absolute Gasteiger partial charge is 0.329 e. The van der Waals surface area contributed by atoms with E-state index in [1.807, 2.05) is 6.07 Å². The molecule has 1 aliphatic rings. The highest BCUT2D eigenvalue weighted by Crippen LogP contribution is 2.34. The van der Waals surface area contributed by atoms with Crippen LogP contribution in [0.4, 0.5) is 4.39 Å². The average Bonchev–Trinajstić information content (AvgIpc) is 3.20. The summed E-state index contributed by atoms with van der Waals surface area (Å²) in [6.07, 6.45) is 4.50. The molecule has 1 fully saturated rings. The fourth-order valence-electron chi connectivity index (χ4n) is 2.90. The van der Waals surface area contributed by atoms with E-state index >= 15 is 0 Å². The minimum atomic E-state index is -0.162. The van der Waals surface area contributed by atoms with Crippen LogP contribution in [0.15, 0.2) is 24.3 Å². The van der Waals surface area contributed by atoms with Crippen LogP contribution in [0.2, 0.25) is 0 Å². The van der Waals surface area contributed by atoms with Gasteiger partial charge in [-0.1, -0.05) is 19.1 Å². The molecule has 0 bridgehead atoms. The zero-order chi connectivity index (χ0) is 13.9.